The van der Waals surface area contributed by atoms with Crippen molar-refractivity contribution in [1.29, 1.82) is 0 Å². The van der Waals surface area contributed by atoms with E-state index in [2.05, 4.69) is 15.1 Å². The van der Waals surface area contributed by atoms with Crippen molar-refractivity contribution in [3.05, 3.63) is 24.3 Å². The van der Waals surface area contributed by atoms with Crippen LogP contribution in [0.3, 0.4) is 0 Å². The first-order valence-corrected chi connectivity index (χ1v) is 6.38. The topological polar surface area (TPSA) is 88.1 Å². The Bertz CT molecular complexity index is 555. The molecule has 2 aromatic heterocycles. The molecule has 0 fully saturated rings. The van der Waals surface area contributed by atoms with E-state index >= 15 is 0 Å². The monoisotopic (exact) mass is 277 g/mol. The predicted molar refractivity (Wildman–Crippen MR) is 75.0 cm³/mol. The molecule has 20 heavy (non-hydrogen) atoms. The molecule has 2 heterocycles. The minimum atomic E-state index is 0.450. The van der Waals surface area contributed by atoms with Gasteiger partial charge in [0.2, 0.25) is 0 Å². The molecule has 108 valence electrons. The molecule has 0 aliphatic carbocycles. The number of nitrogens with two attached hydrogens (primary N) is 1. The van der Waals surface area contributed by atoms with Crippen molar-refractivity contribution in [2.45, 2.75) is 6.42 Å². The normalized spacial score (nSPS) is 10.9. The highest BCUT2D eigenvalue weighted by molar-refractivity contribution is 5.60. The summed E-state index contributed by atoms with van der Waals surface area (Å²) in [5, 5.41) is 4.13. The third-order valence-electron chi connectivity index (χ3n) is 2.69. The van der Waals surface area contributed by atoms with Crippen LogP contribution < -0.4 is 5.73 Å². The molecule has 0 radical (unpaired) electrons. The van der Waals surface area contributed by atoms with E-state index in [0.717, 1.165) is 11.3 Å². The third-order valence-corrected chi connectivity index (χ3v) is 2.69. The predicted octanol–water partition coefficient (Wildman–Crippen LogP) is 0.665. The number of nitrogens with zero attached hydrogens (tertiary/aromatic N) is 4. The quantitative estimate of drug-likeness (QED) is 0.748. The van der Waals surface area contributed by atoms with Crippen molar-refractivity contribution in [2.75, 3.05) is 32.7 Å². The lowest BCUT2D eigenvalue weighted by Gasteiger charge is -2.05. The third kappa shape index (κ3) is 4.01. The van der Waals surface area contributed by atoms with Gasteiger partial charge in [-0.05, 0) is 0 Å². The Morgan fingerprint density at radius 1 is 1.25 bits per heavy atom. The number of aromatic nitrogens is 4. The number of hydrogen-bond donors (Lipinski definition) is 1. The molecule has 7 heteroatoms. The summed E-state index contributed by atoms with van der Waals surface area (Å²) < 4.78 is 12.0. The molecule has 0 aromatic carbocycles. The zero-order valence-electron chi connectivity index (χ0n) is 11.7. The average Bonchev–Trinajstić information content (AvgIpc) is 2.85. The van der Waals surface area contributed by atoms with E-state index in [1.165, 1.54) is 0 Å². The molecule has 0 aliphatic rings. The highest BCUT2D eigenvalue weighted by atomic mass is 16.5. The van der Waals surface area contributed by atoms with E-state index < -0.39 is 0 Å². The summed E-state index contributed by atoms with van der Waals surface area (Å²) in [6.45, 7) is 1.69. The second kappa shape index (κ2) is 6.97. The Morgan fingerprint density at radius 3 is 2.80 bits per heavy atom. The molecule has 0 amide bonds. The molecule has 0 unspecified atom stereocenters. The van der Waals surface area contributed by atoms with Gasteiger partial charge in [-0.3, -0.25) is 4.68 Å². The van der Waals surface area contributed by atoms with Gasteiger partial charge in [0.25, 0.3) is 0 Å². The van der Waals surface area contributed by atoms with Gasteiger partial charge in [-0.1, -0.05) is 0 Å². The highest BCUT2D eigenvalue weighted by Gasteiger charge is 2.07. The zero-order valence-corrected chi connectivity index (χ0v) is 11.7. The number of anilines is 1. The number of hydrogen-bond acceptors (Lipinski definition) is 6. The molecule has 2 rings (SSSR count). The smallest absolute Gasteiger partial charge is 0.133 e. The Balaban J connectivity index is 2.01. The fourth-order valence-corrected chi connectivity index (χ4v) is 1.74. The average molecular weight is 277 g/mol. The molecule has 0 spiro atoms. The van der Waals surface area contributed by atoms with Crippen LogP contribution in [0.1, 0.15) is 5.82 Å². The summed E-state index contributed by atoms with van der Waals surface area (Å²) in [6, 6.07) is 1.74. The number of rotatable bonds is 7. The van der Waals surface area contributed by atoms with Crippen LogP contribution in [-0.4, -0.2) is 46.7 Å². The standard InChI is InChI=1S/C13H19N5O2/c1-18-9-10(8-15-18)11-7-12(14)17-13(16-11)3-4-20-6-5-19-2/h7-9H,3-6H2,1-2H3,(H2,14,16,17). The van der Waals surface area contributed by atoms with Gasteiger partial charge < -0.3 is 15.2 Å². The van der Waals surface area contributed by atoms with Gasteiger partial charge in [0.15, 0.2) is 0 Å². The van der Waals surface area contributed by atoms with E-state index in [1.807, 2.05) is 13.2 Å². The molecular formula is C13H19N5O2. The number of nitrogen functional groups attached to an aromatic ring is 1. The second-order valence-electron chi connectivity index (χ2n) is 4.35. The van der Waals surface area contributed by atoms with Gasteiger partial charge in [-0.2, -0.15) is 5.10 Å². The minimum Gasteiger partial charge on any atom is -0.384 e. The summed E-state index contributed by atoms with van der Waals surface area (Å²) >= 11 is 0. The van der Waals surface area contributed by atoms with Gasteiger partial charge in [0.1, 0.15) is 11.6 Å². The Labute approximate surface area is 117 Å². The molecule has 2 aromatic rings. The maximum absolute atomic E-state index is 5.82. The molecule has 0 saturated carbocycles. The van der Waals surface area contributed by atoms with Crippen LogP contribution in [-0.2, 0) is 22.9 Å². The lowest BCUT2D eigenvalue weighted by Crippen LogP contribution is -2.08. The number of methoxy groups -OCH3 is 1. The fourth-order valence-electron chi connectivity index (χ4n) is 1.74. The largest absolute Gasteiger partial charge is 0.384 e. The number of aryl methyl sites for hydroxylation is 1. The first-order valence-electron chi connectivity index (χ1n) is 6.38. The summed E-state index contributed by atoms with van der Waals surface area (Å²) in [7, 11) is 3.50. The first-order chi connectivity index (χ1) is 9.69. The van der Waals surface area contributed by atoms with Crippen molar-refractivity contribution in [1.82, 2.24) is 19.7 Å². The van der Waals surface area contributed by atoms with Crippen molar-refractivity contribution >= 4 is 5.82 Å². The van der Waals surface area contributed by atoms with Crippen molar-refractivity contribution in [3.63, 3.8) is 0 Å². The van der Waals surface area contributed by atoms with Crippen LogP contribution in [0.2, 0.25) is 0 Å². The zero-order chi connectivity index (χ0) is 14.4. The fraction of sp³-hybridized carbons (Fsp3) is 0.462. The Hall–Kier alpha value is -1.99. The van der Waals surface area contributed by atoms with E-state index in [4.69, 9.17) is 15.2 Å². The maximum Gasteiger partial charge on any atom is 0.133 e. The summed E-state index contributed by atoms with van der Waals surface area (Å²) in [5.41, 5.74) is 7.51. The Kier molecular flexibility index (Phi) is 5.03. The molecule has 0 bridgehead atoms. The van der Waals surface area contributed by atoms with Crippen LogP contribution in [0.25, 0.3) is 11.3 Å². The molecule has 0 aliphatic heterocycles. The second-order valence-corrected chi connectivity index (χ2v) is 4.35. The van der Waals surface area contributed by atoms with Crippen molar-refractivity contribution in [2.24, 2.45) is 7.05 Å². The molecule has 0 atom stereocenters. The van der Waals surface area contributed by atoms with E-state index in [0.29, 0.717) is 37.9 Å². The summed E-state index contributed by atoms with van der Waals surface area (Å²) in [6.07, 6.45) is 4.25. The van der Waals surface area contributed by atoms with Gasteiger partial charge in [0, 0.05) is 38.4 Å². The molecule has 7 nitrogen and oxygen atoms in total. The van der Waals surface area contributed by atoms with E-state index in [1.54, 1.807) is 24.1 Å². The van der Waals surface area contributed by atoms with E-state index in [-0.39, 0.29) is 0 Å². The van der Waals surface area contributed by atoms with Crippen molar-refractivity contribution in [3.8, 4) is 11.3 Å². The van der Waals surface area contributed by atoms with Crippen LogP contribution >= 0.6 is 0 Å². The number of ether oxygens (including phenoxy) is 2. The highest BCUT2D eigenvalue weighted by Crippen LogP contribution is 2.17. The minimum absolute atomic E-state index is 0.450. The van der Waals surface area contributed by atoms with Gasteiger partial charge in [-0.15, -0.1) is 0 Å². The maximum atomic E-state index is 5.82. The Morgan fingerprint density at radius 2 is 2.10 bits per heavy atom. The lowest BCUT2D eigenvalue weighted by atomic mass is 10.2. The van der Waals surface area contributed by atoms with Gasteiger partial charge in [0.05, 0.1) is 31.7 Å². The first kappa shape index (κ1) is 14.4. The molecule has 0 saturated heterocycles. The molecule has 2 N–H and O–H groups in total. The van der Waals surface area contributed by atoms with Crippen LogP contribution in [0.15, 0.2) is 18.5 Å². The van der Waals surface area contributed by atoms with Gasteiger partial charge >= 0.3 is 0 Å². The summed E-state index contributed by atoms with van der Waals surface area (Å²) in [4.78, 5) is 8.69. The van der Waals surface area contributed by atoms with Crippen LogP contribution in [0.4, 0.5) is 5.82 Å². The van der Waals surface area contributed by atoms with Crippen molar-refractivity contribution < 1.29 is 9.47 Å². The van der Waals surface area contributed by atoms with Crippen LogP contribution in [0.5, 0.6) is 0 Å². The van der Waals surface area contributed by atoms with Crippen LogP contribution in [0, 0.1) is 0 Å². The lowest BCUT2D eigenvalue weighted by molar-refractivity contribution is 0.0716. The molecular weight excluding hydrogens is 258 g/mol. The summed E-state index contributed by atoms with van der Waals surface area (Å²) in [5.74, 6) is 1.12. The van der Waals surface area contributed by atoms with Gasteiger partial charge in [-0.25, -0.2) is 9.97 Å². The SMILES string of the molecule is COCCOCCc1nc(N)cc(-c2cnn(C)c2)n1. The van der Waals surface area contributed by atoms with E-state index in [9.17, 15) is 0 Å².